The summed E-state index contributed by atoms with van der Waals surface area (Å²) >= 11 is 0. The summed E-state index contributed by atoms with van der Waals surface area (Å²) in [5, 5.41) is 4.48. The molecule has 0 bridgehead atoms. The van der Waals surface area contributed by atoms with E-state index >= 15 is 0 Å². The normalized spacial score (nSPS) is 12.7. The van der Waals surface area contributed by atoms with Crippen molar-refractivity contribution >= 4 is 25.9 Å². The van der Waals surface area contributed by atoms with Gasteiger partial charge in [0.1, 0.15) is 6.61 Å². The lowest BCUT2D eigenvalue weighted by molar-refractivity contribution is 0.143. The van der Waals surface area contributed by atoms with Gasteiger partial charge in [-0.15, -0.1) is 8.81 Å². The molecule has 0 aliphatic carbocycles. The van der Waals surface area contributed by atoms with Crippen LogP contribution in [0.25, 0.3) is 11.1 Å². The molecule has 9 nitrogen and oxygen atoms in total. The van der Waals surface area contributed by atoms with Crippen molar-refractivity contribution in [3.05, 3.63) is 89.5 Å². The second kappa shape index (κ2) is 12.6. The number of hydrogen-bond donors (Lipinski definition) is 0. The molecule has 4 aromatic rings. The number of methoxy groups -OCH3 is 1. The van der Waals surface area contributed by atoms with E-state index in [9.17, 15) is 16.8 Å². The first-order chi connectivity index (χ1) is 20.9. The summed E-state index contributed by atoms with van der Waals surface area (Å²) in [6.07, 6.45) is 0. The minimum atomic E-state index is -4.73. The summed E-state index contributed by atoms with van der Waals surface area (Å²) in [5.41, 5.74) is 3.07. The van der Waals surface area contributed by atoms with Crippen LogP contribution in [-0.2, 0) is 42.7 Å². The van der Waals surface area contributed by atoms with E-state index in [1.807, 2.05) is 60.6 Å². The van der Waals surface area contributed by atoms with Crippen molar-refractivity contribution in [2.75, 3.05) is 24.0 Å². The molecule has 0 saturated carbocycles. The van der Waals surface area contributed by atoms with E-state index in [0.29, 0.717) is 9.27 Å². The van der Waals surface area contributed by atoms with E-state index in [1.54, 1.807) is 36.4 Å². The van der Waals surface area contributed by atoms with Crippen LogP contribution in [0.1, 0.15) is 58.2 Å². The van der Waals surface area contributed by atoms with Crippen molar-refractivity contribution in [3.8, 4) is 17.0 Å². The molecule has 0 fully saturated rings. The van der Waals surface area contributed by atoms with Crippen LogP contribution < -0.4 is 8.45 Å². The number of aryl methyl sites for hydroxylation is 2. The third-order valence-electron chi connectivity index (χ3n) is 7.50. The fraction of sp³-hybridized carbons (Fsp3) is 0.382. The van der Waals surface area contributed by atoms with Crippen molar-refractivity contribution in [1.82, 2.24) is 9.78 Å². The number of nitrogens with zero attached hydrogens (tertiary/aromatic N) is 3. The highest BCUT2D eigenvalue weighted by Crippen LogP contribution is 2.43. The van der Waals surface area contributed by atoms with Crippen LogP contribution >= 0.6 is 0 Å². The van der Waals surface area contributed by atoms with E-state index in [-0.39, 0.29) is 51.1 Å². The third kappa shape index (κ3) is 7.10. The van der Waals surface area contributed by atoms with Gasteiger partial charge in [0.25, 0.3) is 20.0 Å². The van der Waals surface area contributed by atoms with Gasteiger partial charge in [-0.2, -0.15) is 16.8 Å². The average molecular weight is 654 g/mol. The Hall–Kier alpha value is -3.67. The predicted molar refractivity (Wildman–Crippen MR) is 178 cm³/mol. The maximum atomic E-state index is 14.6. The highest BCUT2D eigenvalue weighted by molar-refractivity contribution is 8.10. The lowest BCUT2D eigenvalue weighted by Crippen LogP contribution is -2.38. The van der Waals surface area contributed by atoms with E-state index in [0.717, 1.165) is 16.7 Å². The minimum Gasteiger partial charge on any atom is -0.474 e. The number of ether oxygens (including phenoxy) is 2. The standard InChI is InChI=1S/C34H43N3O6S2/c1-24-10-12-25(13-11-24)30-31(43-23-22-42-9)35-36(8)32(30)37(44(38,39)28-18-14-26(15-19-28)33(2,3)4)45(40,41)29-20-16-27(17-21-29)34(5,6)7/h10-21H,22-23H2,1-9H3. The smallest absolute Gasteiger partial charge is 0.279 e. The van der Waals surface area contributed by atoms with Crippen molar-refractivity contribution in [2.45, 2.75) is 69.1 Å². The minimum absolute atomic E-state index is 0.0787. The lowest BCUT2D eigenvalue weighted by atomic mass is 9.87. The Labute approximate surface area is 267 Å². The Morgan fingerprint density at radius 2 is 1.16 bits per heavy atom. The Kier molecular flexibility index (Phi) is 9.59. The molecule has 0 atom stereocenters. The van der Waals surface area contributed by atoms with Crippen LogP contribution in [0.3, 0.4) is 0 Å². The molecule has 45 heavy (non-hydrogen) atoms. The summed E-state index contributed by atoms with van der Waals surface area (Å²) in [6, 6.07) is 19.9. The predicted octanol–water partition coefficient (Wildman–Crippen LogP) is 6.60. The molecule has 1 heterocycles. The van der Waals surface area contributed by atoms with Crippen molar-refractivity contribution in [2.24, 2.45) is 7.05 Å². The molecule has 3 aromatic carbocycles. The Balaban J connectivity index is 2.04. The van der Waals surface area contributed by atoms with Crippen LogP contribution in [0.2, 0.25) is 0 Å². The summed E-state index contributed by atoms with van der Waals surface area (Å²) in [5.74, 6) is -0.0963. The van der Waals surface area contributed by atoms with Gasteiger partial charge in [-0.3, -0.25) is 0 Å². The quantitative estimate of drug-likeness (QED) is 0.178. The van der Waals surface area contributed by atoms with Crippen LogP contribution in [0, 0.1) is 6.92 Å². The van der Waals surface area contributed by atoms with Gasteiger partial charge in [-0.05, 0) is 58.7 Å². The fourth-order valence-corrected chi connectivity index (χ4v) is 8.57. The maximum absolute atomic E-state index is 14.6. The highest BCUT2D eigenvalue weighted by atomic mass is 32.3. The van der Waals surface area contributed by atoms with Crippen molar-refractivity contribution in [1.29, 1.82) is 0 Å². The van der Waals surface area contributed by atoms with E-state index in [2.05, 4.69) is 5.10 Å². The number of anilines is 1. The van der Waals surface area contributed by atoms with Crippen LogP contribution in [0.15, 0.2) is 82.6 Å². The van der Waals surface area contributed by atoms with Gasteiger partial charge in [0.15, 0.2) is 5.82 Å². The zero-order valence-corrected chi connectivity index (χ0v) is 29.1. The van der Waals surface area contributed by atoms with Gasteiger partial charge >= 0.3 is 0 Å². The number of rotatable bonds is 10. The largest absolute Gasteiger partial charge is 0.474 e. The number of benzene rings is 3. The molecule has 1 aromatic heterocycles. The lowest BCUT2D eigenvalue weighted by Gasteiger charge is -2.26. The first kappa shape index (κ1) is 34.2. The van der Waals surface area contributed by atoms with Gasteiger partial charge in [-0.25, -0.2) is 4.68 Å². The maximum Gasteiger partial charge on any atom is 0.279 e. The zero-order chi connectivity index (χ0) is 33.4. The first-order valence-corrected chi connectivity index (χ1v) is 17.5. The molecule has 0 N–H and O–H groups in total. The SMILES string of the molecule is COCCOc1nn(C)c(N(S(=O)(=O)c2ccc(C(C)(C)C)cc2)S(=O)(=O)c2ccc(C(C)(C)C)cc2)c1-c1ccc(C)cc1. The van der Waals surface area contributed by atoms with Crippen LogP contribution in [0.5, 0.6) is 5.88 Å². The monoisotopic (exact) mass is 653 g/mol. The molecule has 0 unspecified atom stereocenters. The Morgan fingerprint density at radius 3 is 1.56 bits per heavy atom. The fourth-order valence-electron chi connectivity index (χ4n) is 4.80. The van der Waals surface area contributed by atoms with Crippen LogP contribution in [-0.4, -0.2) is 46.9 Å². The second-order valence-corrected chi connectivity index (χ2v) is 16.9. The molecular formula is C34H43N3O6S2. The molecule has 0 amide bonds. The molecule has 0 aliphatic rings. The van der Waals surface area contributed by atoms with Crippen molar-refractivity contribution < 1.29 is 26.3 Å². The van der Waals surface area contributed by atoms with Gasteiger partial charge in [0.05, 0.1) is 22.0 Å². The second-order valence-electron chi connectivity index (χ2n) is 13.1. The van der Waals surface area contributed by atoms with E-state index in [4.69, 9.17) is 9.47 Å². The molecule has 11 heteroatoms. The summed E-state index contributed by atoms with van der Waals surface area (Å²) in [7, 11) is -6.43. The third-order valence-corrected chi connectivity index (χ3v) is 11.6. The average Bonchev–Trinajstić information content (AvgIpc) is 3.27. The molecule has 0 radical (unpaired) electrons. The first-order valence-electron chi connectivity index (χ1n) is 14.7. The summed E-state index contributed by atoms with van der Waals surface area (Å²) < 4.78 is 71.4. The molecular weight excluding hydrogens is 611 g/mol. The Morgan fingerprint density at radius 1 is 0.711 bits per heavy atom. The molecule has 0 aliphatic heterocycles. The molecule has 4 rings (SSSR count). The highest BCUT2D eigenvalue weighted by Gasteiger charge is 2.42. The van der Waals surface area contributed by atoms with Crippen molar-refractivity contribution in [3.63, 3.8) is 0 Å². The molecule has 0 saturated heterocycles. The summed E-state index contributed by atoms with van der Waals surface area (Å²) in [6.45, 7) is 14.4. The molecule has 242 valence electrons. The number of sulfonamides is 2. The molecule has 0 spiro atoms. The number of hydrogen-bond acceptors (Lipinski definition) is 7. The number of aromatic nitrogens is 2. The topological polar surface area (TPSA) is 108 Å². The van der Waals surface area contributed by atoms with Gasteiger partial charge < -0.3 is 9.47 Å². The van der Waals surface area contributed by atoms with E-state index < -0.39 is 20.0 Å². The zero-order valence-electron chi connectivity index (χ0n) is 27.5. The van der Waals surface area contributed by atoms with Gasteiger partial charge in [-0.1, -0.05) is 95.6 Å². The van der Waals surface area contributed by atoms with Gasteiger partial charge in [0.2, 0.25) is 5.88 Å². The summed E-state index contributed by atoms with van der Waals surface area (Å²) in [4.78, 5) is -0.355. The Bertz CT molecular complexity index is 1760. The van der Waals surface area contributed by atoms with Gasteiger partial charge in [0, 0.05) is 14.2 Å². The van der Waals surface area contributed by atoms with E-state index in [1.165, 1.54) is 43.1 Å². The van der Waals surface area contributed by atoms with Crippen LogP contribution in [0.4, 0.5) is 5.82 Å².